The fourth-order valence-electron chi connectivity index (χ4n) is 3.20. The van der Waals surface area contributed by atoms with E-state index in [9.17, 15) is 8.42 Å². The molecule has 0 spiro atoms. The van der Waals surface area contributed by atoms with Crippen LogP contribution in [0.1, 0.15) is 37.3 Å². The predicted molar refractivity (Wildman–Crippen MR) is 91.3 cm³/mol. The molecule has 1 saturated heterocycles. The summed E-state index contributed by atoms with van der Waals surface area (Å²) in [4.78, 5) is 0.305. The van der Waals surface area contributed by atoms with Crippen molar-refractivity contribution in [2.45, 2.75) is 36.6 Å². The van der Waals surface area contributed by atoms with E-state index in [1.165, 1.54) is 0 Å². The third kappa shape index (κ3) is 3.32. The summed E-state index contributed by atoms with van der Waals surface area (Å²) in [7, 11) is -0.142. The number of methoxy groups -OCH3 is 1. The maximum absolute atomic E-state index is 13.2. The van der Waals surface area contributed by atoms with Crippen LogP contribution in [0.25, 0.3) is 0 Å². The van der Waals surface area contributed by atoms with Crippen LogP contribution in [-0.4, -0.2) is 36.2 Å². The minimum Gasteiger partial charge on any atom is -0.497 e. The van der Waals surface area contributed by atoms with Gasteiger partial charge in [-0.1, -0.05) is 12.8 Å². The largest absolute Gasteiger partial charge is 0.497 e. The van der Waals surface area contributed by atoms with Crippen molar-refractivity contribution in [1.29, 1.82) is 0 Å². The van der Waals surface area contributed by atoms with Gasteiger partial charge in [0, 0.05) is 25.4 Å². The third-order valence-electron chi connectivity index (χ3n) is 4.48. The first-order valence-electron chi connectivity index (χ1n) is 8.17. The van der Waals surface area contributed by atoms with Gasteiger partial charge < -0.3 is 4.74 Å². The van der Waals surface area contributed by atoms with Gasteiger partial charge >= 0.3 is 0 Å². The molecule has 0 bridgehead atoms. The van der Waals surface area contributed by atoms with E-state index in [0.717, 1.165) is 31.2 Å². The molecule has 2 heterocycles. The van der Waals surface area contributed by atoms with E-state index >= 15 is 0 Å². The van der Waals surface area contributed by atoms with Crippen molar-refractivity contribution in [3.8, 4) is 5.75 Å². The fraction of sp³-hybridized carbons (Fsp3) is 0.471. The van der Waals surface area contributed by atoms with Crippen LogP contribution >= 0.6 is 0 Å². The highest BCUT2D eigenvalue weighted by molar-refractivity contribution is 7.89. The Hall–Kier alpha value is -1.86. The number of aromatic nitrogens is 2. The Morgan fingerprint density at radius 3 is 2.54 bits per heavy atom. The van der Waals surface area contributed by atoms with E-state index < -0.39 is 10.0 Å². The van der Waals surface area contributed by atoms with E-state index in [1.54, 1.807) is 46.6 Å². The lowest BCUT2D eigenvalue weighted by molar-refractivity contribution is 0.328. The Bertz CT molecular complexity index is 784. The van der Waals surface area contributed by atoms with Crippen LogP contribution in [0.15, 0.2) is 41.6 Å². The van der Waals surface area contributed by atoms with E-state index in [0.29, 0.717) is 17.2 Å². The minimum atomic E-state index is -3.56. The van der Waals surface area contributed by atoms with Gasteiger partial charge in [0.2, 0.25) is 10.0 Å². The van der Waals surface area contributed by atoms with E-state index in [-0.39, 0.29) is 6.04 Å². The number of rotatable bonds is 4. The molecule has 0 amide bonds. The number of hydrogen-bond acceptors (Lipinski definition) is 4. The van der Waals surface area contributed by atoms with Gasteiger partial charge in [-0.05, 0) is 37.1 Å². The molecule has 0 radical (unpaired) electrons. The molecule has 1 fully saturated rings. The average Bonchev–Trinajstić information content (AvgIpc) is 2.86. The molecule has 130 valence electrons. The zero-order valence-electron chi connectivity index (χ0n) is 14.1. The molecular formula is C17H23N3O3S. The summed E-state index contributed by atoms with van der Waals surface area (Å²) in [6.45, 7) is 0.536. The van der Waals surface area contributed by atoms with Crippen molar-refractivity contribution in [3.05, 3.63) is 42.2 Å². The van der Waals surface area contributed by atoms with Crippen molar-refractivity contribution >= 4 is 10.0 Å². The summed E-state index contributed by atoms with van der Waals surface area (Å²) in [5, 5.41) is 4.21. The highest BCUT2D eigenvalue weighted by Crippen LogP contribution is 2.34. The average molecular weight is 349 g/mol. The summed E-state index contributed by atoms with van der Waals surface area (Å²) in [5.74, 6) is 0.647. The first kappa shape index (κ1) is 17.0. The number of ether oxygens (including phenoxy) is 1. The molecule has 1 aliphatic heterocycles. The first-order chi connectivity index (χ1) is 11.5. The van der Waals surface area contributed by atoms with Gasteiger partial charge in [-0.15, -0.1) is 0 Å². The summed E-state index contributed by atoms with van der Waals surface area (Å²) in [6, 6.07) is 6.43. The zero-order chi connectivity index (χ0) is 17.2. The van der Waals surface area contributed by atoms with E-state index in [1.807, 2.05) is 13.2 Å². The molecule has 2 aromatic rings. The molecule has 1 aliphatic rings. The summed E-state index contributed by atoms with van der Waals surface area (Å²) < 4.78 is 34.9. The number of nitrogens with zero attached hydrogens (tertiary/aromatic N) is 3. The normalized spacial score (nSPS) is 19.8. The Morgan fingerprint density at radius 2 is 1.92 bits per heavy atom. The number of hydrogen-bond donors (Lipinski definition) is 0. The smallest absolute Gasteiger partial charge is 0.243 e. The molecule has 0 N–H and O–H groups in total. The number of benzene rings is 1. The molecule has 6 nitrogen and oxygen atoms in total. The molecule has 1 aromatic heterocycles. The quantitative estimate of drug-likeness (QED) is 0.851. The Morgan fingerprint density at radius 1 is 1.17 bits per heavy atom. The van der Waals surface area contributed by atoms with Gasteiger partial charge in [0.25, 0.3) is 0 Å². The topological polar surface area (TPSA) is 64.4 Å². The fourth-order valence-corrected chi connectivity index (χ4v) is 4.88. The summed E-state index contributed by atoms with van der Waals surface area (Å²) >= 11 is 0. The SMILES string of the molecule is COc1ccc(S(=O)(=O)N2CCCCCC2c2cnn(C)c2)cc1. The molecular weight excluding hydrogens is 326 g/mol. The Balaban J connectivity index is 1.97. The van der Waals surface area contributed by atoms with Crippen LogP contribution in [0, 0.1) is 0 Å². The van der Waals surface area contributed by atoms with Gasteiger partial charge in [0.1, 0.15) is 5.75 Å². The monoisotopic (exact) mass is 349 g/mol. The van der Waals surface area contributed by atoms with Gasteiger partial charge in [0.15, 0.2) is 0 Å². The van der Waals surface area contributed by atoms with Crippen LogP contribution in [0.5, 0.6) is 5.75 Å². The number of aryl methyl sites for hydroxylation is 1. The molecule has 1 atom stereocenters. The van der Waals surface area contributed by atoms with Gasteiger partial charge in [-0.25, -0.2) is 8.42 Å². The van der Waals surface area contributed by atoms with E-state index in [4.69, 9.17) is 4.74 Å². The van der Waals surface area contributed by atoms with Crippen molar-refractivity contribution in [2.24, 2.45) is 7.05 Å². The Labute approximate surface area is 143 Å². The van der Waals surface area contributed by atoms with Crippen LogP contribution < -0.4 is 4.74 Å². The van der Waals surface area contributed by atoms with Crippen molar-refractivity contribution in [1.82, 2.24) is 14.1 Å². The minimum absolute atomic E-state index is 0.159. The van der Waals surface area contributed by atoms with Crippen LogP contribution in [0.3, 0.4) is 0 Å². The second-order valence-electron chi connectivity index (χ2n) is 6.10. The molecule has 3 rings (SSSR count). The molecule has 1 aromatic carbocycles. The number of sulfonamides is 1. The molecule has 7 heteroatoms. The molecule has 24 heavy (non-hydrogen) atoms. The van der Waals surface area contributed by atoms with E-state index in [2.05, 4.69) is 5.10 Å². The molecule has 0 saturated carbocycles. The van der Waals surface area contributed by atoms with Gasteiger partial charge in [0.05, 0.1) is 24.2 Å². The van der Waals surface area contributed by atoms with Crippen LogP contribution in [0.4, 0.5) is 0 Å². The van der Waals surface area contributed by atoms with Crippen LogP contribution in [0.2, 0.25) is 0 Å². The van der Waals surface area contributed by atoms with Crippen molar-refractivity contribution in [2.75, 3.05) is 13.7 Å². The predicted octanol–water partition coefficient (Wildman–Crippen LogP) is 2.73. The highest BCUT2D eigenvalue weighted by atomic mass is 32.2. The van der Waals surface area contributed by atoms with Gasteiger partial charge in [-0.3, -0.25) is 4.68 Å². The third-order valence-corrected chi connectivity index (χ3v) is 6.40. The van der Waals surface area contributed by atoms with Gasteiger partial charge in [-0.2, -0.15) is 9.40 Å². The second kappa shape index (κ2) is 6.94. The first-order valence-corrected chi connectivity index (χ1v) is 9.61. The molecule has 0 aliphatic carbocycles. The maximum Gasteiger partial charge on any atom is 0.243 e. The highest BCUT2D eigenvalue weighted by Gasteiger charge is 2.34. The molecule has 1 unspecified atom stereocenters. The lowest BCUT2D eigenvalue weighted by atomic mass is 10.1. The standard InChI is InChI=1S/C17H23N3O3S/c1-19-13-14(12-18-19)17-6-4-3-5-11-20(17)24(21,22)16-9-7-15(23-2)8-10-16/h7-10,12-13,17H,3-6,11H2,1-2H3. The Kier molecular flexibility index (Phi) is 4.91. The summed E-state index contributed by atoms with van der Waals surface area (Å²) in [5.41, 5.74) is 0.955. The van der Waals surface area contributed by atoms with Crippen LogP contribution in [-0.2, 0) is 17.1 Å². The summed E-state index contributed by atoms with van der Waals surface area (Å²) in [6.07, 6.45) is 7.45. The van der Waals surface area contributed by atoms with Crippen molar-refractivity contribution < 1.29 is 13.2 Å². The lowest BCUT2D eigenvalue weighted by Gasteiger charge is -2.28. The lowest BCUT2D eigenvalue weighted by Crippen LogP contribution is -2.34. The second-order valence-corrected chi connectivity index (χ2v) is 7.99. The maximum atomic E-state index is 13.2. The zero-order valence-corrected chi connectivity index (χ0v) is 14.9. The van der Waals surface area contributed by atoms with Crippen molar-refractivity contribution in [3.63, 3.8) is 0 Å².